The first kappa shape index (κ1) is 12.9. The van der Waals surface area contributed by atoms with Crippen LogP contribution >= 0.6 is 0 Å². The lowest BCUT2D eigenvalue weighted by Crippen LogP contribution is -2.15. The Labute approximate surface area is 396 Å². The van der Waals surface area contributed by atoms with Gasteiger partial charge in [0.15, 0.2) is 0 Å². The highest BCUT2D eigenvalue weighted by molar-refractivity contribution is 6.26. The zero-order chi connectivity index (χ0) is 71.8. The molecule has 0 radical (unpaired) electrons. The molecule has 1 aliphatic rings. The minimum atomic E-state index is -4.13. The Kier molecular flexibility index (Phi) is 2.59. The molecule has 12 aromatic carbocycles. The summed E-state index contributed by atoms with van der Waals surface area (Å²) in [5, 5.41) is -5.52. The standard InChI is InChI=1S/C59H38/c1-59(2)53-33-45(35-9-13-37(14-10-35)47-27-21-43-19-17-39-5-3-7-41-23-31-51(47)57(43)55(39)41)25-29-49(53)50-30-26-46(34-54(50)59)36-11-15-38(16-12-36)48-28-22-44-20-18-40-6-4-8-42-24-32-52(48)58(44)56(40)42/h3-34H,1-2H3/i1D3,2D3,3D,4D,5D,6D,7D,8D,9D,10D,11D,12D,13D,14D,15D,16D,17D,18D,19D,20D,21D,22D,23D,24D,25D,26D,27D,28D,29D,30D,31D,32D,33D,34D. The second-order valence-electron chi connectivity index (χ2n) is 13.8. The van der Waals surface area contributed by atoms with Gasteiger partial charge in [0, 0.05) is 13.6 Å². The molecule has 0 N–H and O–H groups in total. The number of hydrogen-bond acceptors (Lipinski definition) is 0. The van der Waals surface area contributed by atoms with Crippen molar-refractivity contribution in [3.63, 3.8) is 0 Å². The Morgan fingerprint density at radius 3 is 1.03 bits per heavy atom. The normalized spacial score (nSPS) is 22.9. The second kappa shape index (κ2) is 11.9. The van der Waals surface area contributed by atoms with Crippen molar-refractivity contribution >= 4 is 64.6 Å². The van der Waals surface area contributed by atoms with E-state index in [1.165, 1.54) is 0 Å². The van der Waals surface area contributed by atoms with Gasteiger partial charge < -0.3 is 0 Å². The SMILES string of the molecule is [2H]c1c([2H])c(-c2c([2H])c([2H])c3c([2H])c([2H])c4c([2H])c([2H])c([2H])c5c([2H])c([2H])c2c3c45)c([2H])c([2H])c1-c1c([2H])c([2H])c2c(c1[2H])C(C([2H])([2H])[2H])(C([2H])([2H])[2H])c1c([2H])c(-c3c([2H])c([2H])c(-c4c([2H])c([2H])c5c([2H])c([2H])c6c([2H])c([2H])c([2H])c7c([2H])c([2H])c4c5c67)c([2H])c3[2H])c([2H])c([2H])c1-2. The summed E-state index contributed by atoms with van der Waals surface area (Å²) in [4.78, 5) is 0. The summed E-state index contributed by atoms with van der Waals surface area (Å²) in [6, 6.07) is -32.7. The smallest absolute Gasteiger partial charge is 0.0610 e. The van der Waals surface area contributed by atoms with Crippen LogP contribution in [0.25, 0.3) is 120 Å². The van der Waals surface area contributed by atoms with Crippen LogP contribution in [-0.2, 0) is 5.41 Å². The van der Waals surface area contributed by atoms with Crippen molar-refractivity contribution in [2.24, 2.45) is 0 Å². The average Bonchev–Trinajstić information content (AvgIpc) is 1.63. The third-order valence-corrected chi connectivity index (χ3v) is 10.5. The number of fused-ring (bicyclic) bond motifs is 3. The molecule has 0 nitrogen and oxygen atoms in total. The third-order valence-electron chi connectivity index (χ3n) is 10.5. The lowest BCUT2D eigenvalue weighted by molar-refractivity contribution is 0.661. The van der Waals surface area contributed by atoms with Crippen LogP contribution in [0.15, 0.2) is 193 Å². The molecule has 0 saturated carbocycles. The summed E-state index contributed by atoms with van der Waals surface area (Å²) in [6.07, 6.45) is 0. The van der Waals surface area contributed by atoms with Gasteiger partial charge in [-0.3, -0.25) is 0 Å². The van der Waals surface area contributed by atoms with Crippen molar-refractivity contribution in [1.82, 2.24) is 0 Å². The van der Waals surface area contributed by atoms with Crippen molar-refractivity contribution in [3.8, 4) is 55.6 Å². The lowest BCUT2D eigenvalue weighted by Gasteiger charge is -2.23. The minimum absolute atomic E-state index is 0.337. The quantitative estimate of drug-likeness (QED) is 0.156. The van der Waals surface area contributed by atoms with Crippen molar-refractivity contribution in [2.45, 2.75) is 19.1 Å². The lowest BCUT2D eigenvalue weighted by atomic mass is 9.80. The highest BCUT2D eigenvalue weighted by Crippen LogP contribution is 2.51. The van der Waals surface area contributed by atoms with Gasteiger partial charge in [0.25, 0.3) is 0 Å². The average molecular weight is 785 g/mol. The first-order chi connectivity index (χ1) is 44.9. The van der Waals surface area contributed by atoms with Crippen LogP contribution in [0.5, 0.6) is 0 Å². The zero-order valence-corrected chi connectivity index (χ0v) is 29.5. The van der Waals surface area contributed by atoms with Gasteiger partial charge in [-0.15, -0.1) is 0 Å². The first-order valence-electron chi connectivity index (χ1n) is 36.8. The maximum absolute atomic E-state index is 9.91. The molecule has 0 saturated heterocycles. The Balaban J connectivity index is 1.08. The fraction of sp³-hybridized carbons (Fsp3) is 0.0508. The molecule has 0 unspecified atom stereocenters. The van der Waals surface area contributed by atoms with Crippen LogP contribution in [0, 0.1) is 0 Å². The van der Waals surface area contributed by atoms with Crippen molar-refractivity contribution < 1.29 is 52.1 Å². The fourth-order valence-corrected chi connectivity index (χ4v) is 7.75. The van der Waals surface area contributed by atoms with Gasteiger partial charge in [0.2, 0.25) is 0 Å². The van der Waals surface area contributed by atoms with E-state index in [1.807, 2.05) is 0 Å². The highest BCUT2D eigenvalue weighted by Gasteiger charge is 2.36. The van der Waals surface area contributed by atoms with Crippen molar-refractivity contribution in [3.05, 3.63) is 204 Å². The summed E-state index contributed by atoms with van der Waals surface area (Å²) >= 11 is 0. The van der Waals surface area contributed by atoms with Crippen LogP contribution in [0.4, 0.5) is 0 Å². The molecule has 13 rings (SSSR count). The van der Waals surface area contributed by atoms with Crippen LogP contribution < -0.4 is 0 Å². The van der Waals surface area contributed by atoms with Crippen molar-refractivity contribution in [1.29, 1.82) is 0 Å². The predicted octanol–water partition coefficient (Wildman–Crippen LogP) is 16.5. The Bertz CT molecular complexity index is 5340. The molecule has 0 heteroatoms. The maximum Gasteiger partial charge on any atom is 0.0633 e. The summed E-state index contributed by atoms with van der Waals surface area (Å²) in [6.45, 7) is -8.27. The van der Waals surface area contributed by atoms with E-state index in [2.05, 4.69) is 0 Å². The molecule has 0 heterocycles. The second-order valence-corrected chi connectivity index (χ2v) is 13.8. The Morgan fingerprint density at radius 2 is 0.627 bits per heavy atom. The summed E-state index contributed by atoms with van der Waals surface area (Å²) < 4.78 is 350. The Hall–Kier alpha value is -7.28. The van der Waals surface area contributed by atoms with Crippen LogP contribution in [0.3, 0.4) is 0 Å². The third kappa shape index (κ3) is 4.66. The maximum atomic E-state index is 9.91. The van der Waals surface area contributed by atoms with E-state index >= 15 is 0 Å². The topological polar surface area (TPSA) is 0 Å². The first-order valence-corrected chi connectivity index (χ1v) is 17.8. The molecule has 0 bridgehead atoms. The molecule has 1 aliphatic carbocycles. The van der Waals surface area contributed by atoms with E-state index in [1.54, 1.807) is 0 Å². The van der Waals surface area contributed by atoms with Crippen LogP contribution in [0.2, 0.25) is 0 Å². The molecule has 59 heavy (non-hydrogen) atoms. The van der Waals surface area contributed by atoms with Gasteiger partial charge >= 0.3 is 0 Å². The summed E-state index contributed by atoms with van der Waals surface area (Å²) in [7, 11) is 0. The molecule has 0 fully saturated rings. The van der Waals surface area contributed by atoms with E-state index in [-0.39, 0.29) is 21.5 Å². The molecule has 12 aromatic rings. The predicted molar refractivity (Wildman–Crippen MR) is 253 cm³/mol. The molecule has 0 amide bonds. The Morgan fingerprint density at radius 1 is 0.305 bits per heavy atom. The highest BCUT2D eigenvalue weighted by atomic mass is 14.4. The monoisotopic (exact) mass is 785 g/mol. The van der Waals surface area contributed by atoms with E-state index < -0.39 is 322 Å². The molecule has 274 valence electrons. The van der Waals surface area contributed by atoms with E-state index in [0.29, 0.717) is 0 Å². The molecule has 0 atom stereocenters. The van der Waals surface area contributed by atoms with Gasteiger partial charge in [0.05, 0.1) is 43.9 Å². The minimum Gasteiger partial charge on any atom is -0.0610 e. The van der Waals surface area contributed by atoms with Crippen molar-refractivity contribution in [2.75, 3.05) is 0 Å². The zero-order valence-electron chi connectivity index (χ0n) is 67.5. The van der Waals surface area contributed by atoms with Gasteiger partial charge in [-0.1, -0.05) is 195 Å². The molecule has 0 aromatic heterocycles. The summed E-state index contributed by atoms with van der Waals surface area (Å²) in [5.74, 6) is 0. The van der Waals surface area contributed by atoms with Gasteiger partial charge in [-0.25, -0.2) is 0 Å². The summed E-state index contributed by atoms with van der Waals surface area (Å²) in [5.41, 5.74) is -16.5. The van der Waals surface area contributed by atoms with E-state index in [4.69, 9.17) is 19.2 Å². The number of hydrogen-bond donors (Lipinski definition) is 0. The molecular weight excluding hydrogens is 709 g/mol. The fourth-order valence-electron chi connectivity index (χ4n) is 7.75. The number of rotatable bonds is 4. The van der Waals surface area contributed by atoms with Gasteiger partial charge in [0.1, 0.15) is 0 Å². The van der Waals surface area contributed by atoms with Crippen LogP contribution in [0.1, 0.15) is 76.9 Å². The van der Waals surface area contributed by atoms with E-state index in [0.717, 1.165) is 0 Å². The van der Waals surface area contributed by atoms with Gasteiger partial charge in [-0.05, 0) is 143 Å². The molecule has 0 aliphatic heterocycles. The number of benzene rings is 12. The molecule has 0 spiro atoms. The largest absolute Gasteiger partial charge is 0.0633 e. The van der Waals surface area contributed by atoms with Gasteiger partial charge in [-0.2, -0.15) is 0 Å². The van der Waals surface area contributed by atoms with Crippen LogP contribution in [-0.4, -0.2) is 0 Å². The van der Waals surface area contributed by atoms with E-state index in [9.17, 15) is 32.9 Å². The molecular formula is C59H38.